The molecule has 2 rings (SSSR count). The molecular formula is C7H6O3. The maximum Gasteiger partial charge on any atom is 0.211 e. The van der Waals surface area contributed by atoms with Crippen LogP contribution in [0, 0.1) is 0 Å². The lowest BCUT2D eigenvalue weighted by molar-refractivity contribution is -0.0979. The highest BCUT2D eigenvalue weighted by atomic mass is 16.6. The highest BCUT2D eigenvalue weighted by Crippen LogP contribution is 2.51. The first kappa shape index (κ1) is 6.61. The monoisotopic (exact) mass is 138 g/mol. The van der Waals surface area contributed by atoms with Crippen LogP contribution in [0.25, 0.3) is 0 Å². The lowest BCUT2D eigenvalue weighted by atomic mass is 10.3. The molecule has 0 bridgehead atoms. The Kier molecular flexibility index (Phi) is 1.58. The Bertz CT molecular complexity index is 245. The van der Waals surface area contributed by atoms with Gasteiger partial charge in [0.1, 0.15) is 6.79 Å². The lowest BCUT2D eigenvalue weighted by Crippen LogP contribution is -1.50. The Morgan fingerprint density at radius 2 is 2.10 bits per heavy atom. The van der Waals surface area contributed by atoms with E-state index in [4.69, 9.17) is 14.6 Å². The van der Waals surface area contributed by atoms with Crippen LogP contribution < -0.4 is 4.74 Å². The van der Waals surface area contributed by atoms with Gasteiger partial charge in [0.05, 0.1) is 0 Å². The summed E-state index contributed by atoms with van der Waals surface area (Å²) in [6, 6.07) is 5.17. The van der Waals surface area contributed by atoms with Crippen molar-refractivity contribution in [3.63, 3.8) is 0 Å². The van der Waals surface area contributed by atoms with Gasteiger partial charge in [0.2, 0.25) is 5.75 Å². The molecule has 10 heavy (non-hydrogen) atoms. The van der Waals surface area contributed by atoms with E-state index in [1.807, 2.05) is 12.9 Å². The fraction of sp³-hybridized carbons (Fsp3) is 0. The molecule has 0 atom stereocenters. The van der Waals surface area contributed by atoms with Crippen LogP contribution in [0.3, 0.4) is 0 Å². The number of fused-ring (bicyclic) bond motifs is 1. The van der Waals surface area contributed by atoms with E-state index in [0.717, 1.165) is 5.75 Å². The van der Waals surface area contributed by atoms with Crippen molar-refractivity contribution in [3.8, 4) is 17.2 Å². The number of carbonyl (C=O) groups excluding carboxylic acids is 1. The minimum absolute atomic E-state index is 0.238. The Morgan fingerprint density at radius 3 is 2.60 bits per heavy atom. The van der Waals surface area contributed by atoms with E-state index in [9.17, 15) is 0 Å². The van der Waals surface area contributed by atoms with Gasteiger partial charge in [-0.15, -0.1) is 0 Å². The summed E-state index contributed by atoms with van der Waals surface area (Å²) < 4.78 is 4.82. The molecule has 0 saturated carbocycles. The van der Waals surface area contributed by atoms with E-state index in [1.165, 1.54) is 0 Å². The molecule has 0 saturated heterocycles. The quantitative estimate of drug-likeness (QED) is 0.558. The molecule has 1 aliphatic heterocycles. The molecule has 0 fully saturated rings. The summed E-state index contributed by atoms with van der Waals surface area (Å²) in [5.74, 6) is 1.67. The van der Waals surface area contributed by atoms with Crippen LogP contribution in [-0.2, 0) is 4.79 Å². The van der Waals surface area contributed by atoms with Gasteiger partial charge in [0, 0.05) is 0 Å². The van der Waals surface area contributed by atoms with Crippen LogP contribution in [0.2, 0.25) is 0 Å². The van der Waals surface area contributed by atoms with Crippen LogP contribution in [-0.4, -0.2) is 11.9 Å². The zero-order valence-electron chi connectivity index (χ0n) is 5.20. The van der Waals surface area contributed by atoms with Crippen molar-refractivity contribution in [1.82, 2.24) is 0 Å². The Labute approximate surface area is 57.9 Å². The Hall–Kier alpha value is -1.51. The van der Waals surface area contributed by atoms with E-state index in [-0.39, 0.29) is 5.75 Å². The Balaban J connectivity index is 0.000000231. The predicted octanol–water partition coefficient (Wildman–Crippen LogP) is 1.31. The average Bonchev–Trinajstić information content (AvgIpc) is 2.72. The summed E-state index contributed by atoms with van der Waals surface area (Å²) in [5, 5.41) is 8.85. The molecule has 1 aromatic rings. The molecular weight excluding hydrogens is 132 g/mol. The van der Waals surface area contributed by atoms with Crippen LogP contribution in [0.15, 0.2) is 18.2 Å². The minimum atomic E-state index is 0.238. The molecule has 3 heteroatoms. The number of carbonyl (C=O) groups is 1. The highest BCUT2D eigenvalue weighted by Gasteiger charge is 2.22. The van der Waals surface area contributed by atoms with Crippen LogP contribution in [0.1, 0.15) is 0 Å². The van der Waals surface area contributed by atoms with Crippen LogP contribution in [0.4, 0.5) is 0 Å². The minimum Gasteiger partial charge on any atom is -0.504 e. The molecule has 0 amide bonds. The van der Waals surface area contributed by atoms with Gasteiger partial charge in [-0.1, -0.05) is 6.07 Å². The third-order valence-corrected chi connectivity index (χ3v) is 1.13. The van der Waals surface area contributed by atoms with Crippen molar-refractivity contribution in [2.24, 2.45) is 0 Å². The summed E-state index contributed by atoms with van der Waals surface area (Å²) in [4.78, 5) is 8.00. The summed E-state index contributed by atoms with van der Waals surface area (Å²) in [5.41, 5.74) is 0. The van der Waals surface area contributed by atoms with Crippen molar-refractivity contribution in [3.05, 3.63) is 18.2 Å². The van der Waals surface area contributed by atoms with Crippen molar-refractivity contribution in [2.75, 3.05) is 0 Å². The number of phenols is 1. The van der Waals surface area contributed by atoms with E-state index in [0.29, 0.717) is 5.75 Å². The van der Waals surface area contributed by atoms with Crippen molar-refractivity contribution in [1.29, 1.82) is 0 Å². The lowest BCUT2D eigenvalue weighted by Gasteiger charge is -1.77. The number of phenolic OH excluding ortho intramolecular Hbond substituents is 1. The normalized spacial score (nSPS) is 10.0. The average molecular weight is 138 g/mol. The number of aromatic hydroxyl groups is 1. The summed E-state index contributed by atoms with van der Waals surface area (Å²) in [7, 11) is 0. The number of para-hydroxylation sites is 1. The topological polar surface area (TPSA) is 49.8 Å². The second-order valence-corrected chi connectivity index (χ2v) is 1.71. The van der Waals surface area contributed by atoms with Crippen molar-refractivity contribution >= 4 is 6.79 Å². The molecule has 0 radical (unpaired) electrons. The second kappa shape index (κ2) is 2.39. The molecule has 0 spiro atoms. The zero-order chi connectivity index (χ0) is 7.56. The highest BCUT2D eigenvalue weighted by molar-refractivity contribution is 5.62. The molecule has 1 aromatic carbocycles. The first-order valence-corrected chi connectivity index (χ1v) is 2.66. The fourth-order valence-corrected chi connectivity index (χ4v) is 0.675. The number of hydrogen-bond acceptors (Lipinski definition) is 3. The summed E-state index contributed by atoms with van der Waals surface area (Å²) in [6.45, 7) is 2.00. The number of rotatable bonds is 0. The molecule has 0 aromatic heterocycles. The summed E-state index contributed by atoms with van der Waals surface area (Å²) in [6.07, 6.45) is 0. The fourth-order valence-electron chi connectivity index (χ4n) is 0.675. The van der Waals surface area contributed by atoms with Crippen molar-refractivity contribution < 1.29 is 14.6 Å². The van der Waals surface area contributed by atoms with Gasteiger partial charge >= 0.3 is 0 Å². The maximum atomic E-state index is 8.85. The number of ether oxygens (including phenoxy) is 1. The van der Waals surface area contributed by atoms with Crippen molar-refractivity contribution in [2.45, 2.75) is 0 Å². The third-order valence-electron chi connectivity index (χ3n) is 1.13. The van der Waals surface area contributed by atoms with E-state index in [2.05, 4.69) is 0 Å². The SMILES string of the molecule is C=O.Oc1cccc2c1O2. The molecule has 1 N–H and O–H groups in total. The standard InChI is InChI=1S/C6H4O2.CH2O/c7-4-2-1-3-5-6(4)8-5;1-2/h1-3,7H;1H2. The molecule has 1 heterocycles. The number of benzene rings is 1. The van der Waals surface area contributed by atoms with Gasteiger partial charge in [-0.2, -0.15) is 0 Å². The van der Waals surface area contributed by atoms with Gasteiger partial charge in [-0.05, 0) is 12.1 Å². The molecule has 52 valence electrons. The van der Waals surface area contributed by atoms with Crippen LogP contribution in [0.5, 0.6) is 17.2 Å². The van der Waals surface area contributed by atoms with Crippen LogP contribution >= 0.6 is 0 Å². The first-order valence-electron chi connectivity index (χ1n) is 2.66. The largest absolute Gasteiger partial charge is 0.504 e. The molecule has 0 unspecified atom stereocenters. The van der Waals surface area contributed by atoms with E-state index < -0.39 is 0 Å². The van der Waals surface area contributed by atoms with Gasteiger partial charge in [-0.25, -0.2) is 0 Å². The van der Waals surface area contributed by atoms with Gasteiger partial charge in [0.15, 0.2) is 11.5 Å². The second-order valence-electron chi connectivity index (χ2n) is 1.71. The molecule has 0 aliphatic carbocycles. The summed E-state index contributed by atoms with van der Waals surface area (Å²) >= 11 is 0. The zero-order valence-corrected chi connectivity index (χ0v) is 5.20. The third kappa shape index (κ3) is 0.932. The Morgan fingerprint density at radius 1 is 1.40 bits per heavy atom. The molecule has 3 nitrogen and oxygen atoms in total. The van der Waals surface area contributed by atoms with Gasteiger partial charge in [-0.3, -0.25) is 0 Å². The first-order chi connectivity index (χ1) is 4.88. The van der Waals surface area contributed by atoms with E-state index >= 15 is 0 Å². The smallest absolute Gasteiger partial charge is 0.211 e. The van der Waals surface area contributed by atoms with Gasteiger partial charge < -0.3 is 14.6 Å². The predicted molar refractivity (Wildman–Crippen MR) is 35.3 cm³/mol. The van der Waals surface area contributed by atoms with Gasteiger partial charge in [0.25, 0.3) is 0 Å². The number of hydrogen-bond donors (Lipinski definition) is 1. The van der Waals surface area contributed by atoms with E-state index in [1.54, 1.807) is 12.1 Å². The molecule has 1 aliphatic rings. The maximum absolute atomic E-state index is 8.85.